The minimum atomic E-state index is -0.588. The number of amides is 1. The maximum absolute atomic E-state index is 13.7. The molecule has 3 rings (SSSR count). The van der Waals surface area contributed by atoms with E-state index in [-0.39, 0.29) is 17.3 Å². The van der Waals surface area contributed by atoms with Crippen LogP contribution in [0.2, 0.25) is 0 Å². The van der Waals surface area contributed by atoms with Crippen molar-refractivity contribution in [1.82, 2.24) is 4.90 Å². The average Bonchev–Trinajstić information content (AvgIpc) is 3.13. The van der Waals surface area contributed by atoms with Gasteiger partial charge in [0.2, 0.25) is 0 Å². The quantitative estimate of drug-likeness (QED) is 0.522. The fourth-order valence-electron chi connectivity index (χ4n) is 3.93. The fourth-order valence-corrected chi connectivity index (χ4v) is 5.56. The Balaban J connectivity index is 1.82. The molecule has 27 heavy (non-hydrogen) atoms. The number of esters is 1. The van der Waals surface area contributed by atoms with E-state index in [4.69, 9.17) is 4.74 Å². The summed E-state index contributed by atoms with van der Waals surface area (Å²) >= 11 is 1.67. The highest BCUT2D eigenvalue weighted by atomic mass is 32.2. The monoisotopic (exact) mass is 393 g/mol. The standard InChI is InChI=1S/C21H28FNO3S/c1-2-3-12-26-21(25)18-14-27-20(15-8-5-4-6-9-15)23(18)19(24)16-10-7-11-17(22)13-16/h7,10-11,13,15,18,20H,2-6,8-9,12,14H2,1H3/t18-,20-/m1/s1. The van der Waals surface area contributed by atoms with Gasteiger partial charge in [-0.05, 0) is 43.4 Å². The molecule has 2 atom stereocenters. The lowest BCUT2D eigenvalue weighted by Crippen LogP contribution is -2.48. The lowest BCUT2D eigenvalue weighted by atomic mass is 9.88. The van der Waals surface area contributed by atoms with Crippen molar-refractivity contribution in [3.8, 4) is 0 Å². The highest BCUT2D eigenvalue weighted by Crippen LogP contribution is 2.41. The molecule has 2 aliphatic rings. The Hall–Kier alpha value is -1.56. The number of carbonyl (C=O) groups is 2. The summed E-state index contributed by atoms with van der Waals surface area (Å²) in [6.45, 7) is 2.42. The molecule has 4 nitrogen and oxygen atoms in total. The summed E-state index contributed by atoms with van der Waals surface area (Å²) in [6.07, 6.45) is 7.46. The van der Waals surface area contributed by atoms with E-state index in [1.54, 1.807) is 22.7 Å². The van der Waals surface area contributed by atoms with Gasteiger partial charge in [-0.1, -0.05) is 38.7 Å². The number of nitrogens with zero attached hydrogens (tertiary/aromatic N) is 1. The van der Waals surface area contributed by atoms with Crippen LogP contribution in [-0.2, 0) is 9.53 Å². The van der Waals surface area contributed by atoms with Gasteiger partial charge in [0.25, 0.3) is 5.91 Å². The summed E-state index contributed by atoms with van der Waals surface area (Å²) in [5, 5.41) is -0.0372. The first-order chi connectivity index (χ1) is 13.1. The molecule has 0 aromatic heterocycles. The van der Waals surface area contributed by atoms with E-state index in [1.807, 2.05) is 6.92 Å². The van der Waals surface area contributed by atoms with Crippen LogP contribution >= 0.6 is 11.8 Å². The molecule has 2 fully saturated rings. The number of halogens is 1. The van der Waals surface area contributed by atoms with Gasteiger partial charge in [-0.25, -0.2) is 9.18 Å². The summed E-state index contributed by atoms with van der Waals surface area (Å²) in [5.74, 6) is -0.113. The van der Waals surface area contributed by atoms with Crippen molar-refractivity contribution in [2.75, 3.05) is 12.4 Å². The zero-order valence-corrected chi connectivity index (χ0v) is 16.7. The molecule has 1 amide bonds. The molecule has 1 aliphatic heterocycles. The lowest BCUT2D eigenvalue weighted by Gasteiger charge is -2.35. The number of ether oxygens (including phenoxy) is 1. The molecule has 0 unspecified atom stereocenters. The predicted octanol–water partition coefficient (Wildman–Crippen LogP) is 4.63. The van der Waals surface area contributed by atoms with Crippen LogP contribution in [0.4, 0.5) is 4.39 Å². The predicted molar refractivity (Wildman–Crippen MR) is 105 cm³/mol. The summed E-state index contributed by atoms with van der Waals surface area (Å²) in [5.41, 5.74) is 0.296. The molecule has 1 saturated heterocycles. The van der Waals surface area contributed by atoms with Crippen molar-refractivity contribution >= 4 is 23.6 Å². The molecular formula is C21H28FNO3S. The van der Waals surface area contributed by atoms with Crippen molar-refractivity contribution in [2.45, 2.75) is 63.3 Å². The molecule has 1 aromatic carbocycles. The highest BCUT2D eigenvalue weighted by Gasteiger charge is 2.45. The molecule has 0 N–H and O–H groups in total. The van der Waals surface area contributed by atoms with Crippen molar-refractivity contribution < 1.29 is 18.7 Å². The summed E-state index contributed by atoms with van der Waals surface area (Å²) in [6, 6.07) is 5.14. The van der Waals surface area contributed by atoms with E-state index in [0.717, 1.165) is 38.5 Å². The van der Waals surface area contributed by atoms with Gasteiger partial charge >= 0.3 is 5.97 Å². The Kier molecular flexibility index (Phi) is 7.16. The van der Waals surface area contributed by atoms with Crippen molar-refractivity contribution in [3.05, 3.63) is 35.6 Å². The number of benzene rings is 1. The Morgan fingerprint density at radius 1 is 1.26 bits per heavy atom. The van der Waals surface area contributed by atoms with E-state index >= 15 is 0 Å². The molecule has 6 heteroatoms. The molecule has 0 radical (unpaired) electrons. The van der Waals surface area contributed by atoms with E-state index in [0.29, 0.717) is 23.8 Å². The normalized spacial score (nSPS) is 23.4. The summed E-state index contributed by atoms with van der Waals surface area (Å²) < 4.78 is 19.1. The second kappa shape index (κ2) is 9.58. The minimum absolute atomic E-state index is 0.0372. The summed E-state index contributed by atoms with van der Waals surface area (Å²) in [7, 11) is 0. The zero-order chi connectivity index (χ0) is 19.2. The maximum atomic E-state index is 13.7. The topological polar surface area (TPSA) is 46.6 Å². The Morgan fingerprint density at radius 3 is 2.74 bits per heavy atom. The van der Waals surface area contributed by atoms with Gasteiger partial charge in [-0.15, -0.1) is 11.8 Å². The number of unbranched alkanes of at least 4 members (excludes halogenated alkanes) is 1. The van der Waals surface area contributed by atoms with Crippen LogP contribution in [0.25, 0.3) is 0 Å². The van der Waals surface area contributed by atoms with Crippen molar-refractivity contribution in [2.24, 2.45) is 5.92 Å². The largest absolute Gasteiger partial charge is 0.464 e. The van der Waals surface area contributed by atoms with Crippen LogP contribution in [0.3, 0.4) is 0 Å². The second-order valence-electron chi connectivity index (χ2n) is 7.38. The van der Waals surface area contributed by atoms with Crippen LogP contribution < -0.4 is 0 Å². The van der Waals surface area contributed by atoms with Crippen LogP contribution in [0, 0.1) is 11.7 Å². The summed E-state index contributed by atoms with van der Waals surface area (Å²) in [4.78, 5) is 27.6. The Bertz CT molecular complexity index is 663. The van der Waals surface area contributed by atoms with Crippen LogP contribution in [-0.4, -0.2) is 40.6 Å². The molecule has 1 saturated carbocycles. The number of hydrogen-bond acceptors (Lipinski definition) is 4. The van der Waals surface area contributed by atoms with E-state index in [2.05, 4.69) is 0 Å². The third-order valence-electron chi connectivity index (χ3n) is 5.41. The van der Waals surface area contributed by atoms with Gasteiger partial charge in [0.15, 0.2) is 0 Å². The molecule has 1 aromatic rings. The van der Waals surface area contributed by atoms with Gasteiger partial charge < -0.3 is 9.64 Å². The van der Waals surface area contributed by atoms with E-state index in [9.17, 15) is 14.0 Å². The average molecular weight is 394 g/mol. The molecule has 0 bridgehead atoms. The highest BCUT2D eigenvalue weighted by molar-refractivity contribution is 8.00. The Morgan fingerprint density at radius 2 is 2.04 bits per heavy atom. The fraction of sp³-hybridized carbons (Fsp3) is 0.619. The van der Waals surface area contributed by atoms with E-state index < -0.39 is 11.9 Å². The molecule has 148 valence electrons. The van der Waals surface area contributed by atoms with Crippen molar-refractivity contribution in [3.63, 3.8) is 0 Å². The van der Waals surface area contributed by atoms with Gasteiger partial charge in [0, 0.05) is 11.3 Å². The van der Waals surface area contributed by atoms with Gasteiger partial charge in [-0.2, -0.15) is 0 Å². The smallest absolute Gasteiger partial charge is 0.329 e. The van der Waals surface area contributed by atoms with Gasteiger partial charge in [0.05, 0.1) is 12.0 Å². The first-order valence-corrected chi connectivity index (χ1v) is 11.0. The lowest BCUT2D eigenvalue weighted by molar-refractivity contribution is -0.148. The van der Waals surface area contributed by atoms with E-state index in [1.165, 1.54) is 24.6 Å². The molecule has 1 heterocycles. The SMILES string of the molecule is CCCCOC(=O)[C@H]1CS[C@H](C2CCCCC2)N1C(=O)c1cccc(F)c1. The molecule has 0 spiro atoms. The second-order valence-corrected chi connectivity index (χ2v) is 8.53. The number of rotatable bonds is 6. The van der Waals surface area contributed by atoms with Crippen molar-refractivity contribution in [1.29, 1.82) is 0 Å². The minimum Gasteiger partial charge on any atom is -0.464 e. The number of thioether (sulfide) groups is 1. The van der Waals surface area contributed by atoms with Gasteiger partial charge in [-0.3, -0.25) is 4.79 Å². The number of hydrogen-bond donors (Lipinski definition) is 0. The maximum Gasteiger partial charge on any atom is 0.329 e. The van der Waals surface area contributed by atoms with Crippen LogP contribution in [0.5, 0.6) is 0 Å². The molecule has 1 aliphatic carbocycles. The zero-order valence-electron chi connectivity index (χ0n) is 15.9. The molecular weight excluding hydrogens is 365 g/mol. The number of carbonyl (C=O) groups excluding carboxylic acids is 2. The third kappa shape index (κ3) is 4.84. The van der Waals surface area contributed by atoms with Crippen LogP contribution in [0.15, 0.2) is 24.3 Å². The van der Waals surface area contributed by atoms with Crippen LogP contribution in [0.1, 0.15) is 62.2 Å². The first kappa shape index (κ1) is 20.2. The Labute approximate surface area is 164 Å². The third-order valence-corrected chi connectivity index (χ3v) is 6.87. The van der Waals surface area contributed by atoms with Gasteiger partial charge in [0.1, 0.15) is 11.9 Å². The first-order valence-electron chi connectivity index (χ1n) is 9.98.